The number of ether oxygens (including phenoxy) is 1. The molecule has 0 radical (unpaired) electrons. The second kappa shape index (κ2) is 6.40. The summed E-state index contributed by atoms with van der Waals surface area (Å²) in [6.07, 6.45) is 2.03. The normalized spacial score (nSPS) is 19.2. The number of anilines is 1. The quantitative estimate of drug-likeness (QED) is 0.758. The van der Waals surface area contributed by atoms with Crippen molar-refractivity contribution >= 4 is 28.6 Å². The van der Waals surface area contributed by atoms with Gasteiger partial charge in [-0.05, 0) is 18.6 Å². The molecule has 2 aliphatic heterocycles. The van der Waals surface area contributed by atoms with E-state index in [2.05, 4.69) is 10.1 Å². The monoisotopic (exact) mass is 379 g/mol. The molecule has 144 valence electrons. The second-order valence-electron chi connectivity index (χ2n) is 7.22. The van der Waals surface area contributed by atoms with Gasteiger partial charge in [0.2, 0.25) is 0 Å². The van der Waals surface area contributed by atoms with E-state index in [0.29, 0.717) is 31.9 Å². The van der Waals surface area contributed by atoms with E-state index in [4.69, 9.17) is 4.74 Å². The van der Waals surface area contributed by atoms with Gasteiger partial charge in [0.25, 0.3) is 5.91 Å². The Bertz CT molecular complexity index is 1040. The summed E-state index contributed by atoms with van der Waals surface area (Å²) < 4.78 is 7.25. The summed E-state index contributed by atoms with van der Waals surface area (Å²) in [6, 6.07) is 9.72. The summed E-state index contributed by atoms with van der Waals surface area (Å²) in [5, 5.41) is 5.42. The van der Waals surface area contributed by atoms with Crippen LogP contribution in [0, 0.1) is 0 Å². The molecule has 1 fully saturated rings. The number of rotatable bonds is 3. The fraction of sp³-hybridized carbons (Fsp3) is 0.350. The van der Waals surface area contributed by atoms with Crippen molar-refractivity contribution in [2.75, 3.05) is 18.0 Å². The number of hydrogen-bond donors (Lipinski definition) is 1. The van der Waals surface area contributed by atoms with Crippen molar-refractivity contribution in [1.82, 2.24) is 19.7 Å². The lowest BCUT2D eigenvalue weighted by Gasteiger charge is -2.28. The Morgan fingerprint density at radius 2 is 2.18 bits per heavy atom. The summed E-state index contributed by atoms with van der Waals surface area (Å²) in [6.45, 7) is 4.09. The zero-order chi connectivity index (χ0) is 19.3. The van der Waals surface area contributed by atoms with Gasteiger partial charge in [-0.1, -0.05) is 25.1 Å². The molecule has 2 aromatic heterocycles. The summed E-state index contributed by atoms with van der Waals surface area (Å²) in [5.41, 5.74) is 3.11. The second-order valence-corrected chi connectivity index (χ2v) is 7.22. The molecule has 1 aromatic carbocycles. The van der Waals surface area contributed by atoms with Crippen LogP contribution in [0.4, 0.5) is 10.5 Å². The molecule has 3 aromatic rings. The molecule has 0 saturated carbocycles. The number of H-pyrrole nitrogens is 1. The predicted octanol–water partition coefficient (Wildman–Crippen LogP) is 2.76. The lowest BCUT2D eigenvalue weighted by Crippen LogP contribution is -2.39. The molecule has 0 bridgehead atoms. The number of carbonyl (C=O) groups excluding carboxylic acids is 2. The van der Waals surface area contributed by atoms with Crippen LogP contribution in [0.15, 0.2) is 36.5 Å². The van der Waals surface area contributed by atoms with E-state index >= 15 is 0 Å². The molecule has 8 heteroatoms. The molecule has 0 unspecified atom stereocenters. The van der Waals surface area contributed by atoms with Gasteiger partial charge in [-0.15, -0.1) is 0 Å². The average Bonchev–Trinajstić information content (AvgIpc) is 3.42. The van der Waals surface area contributed by atoms with Crippen LogP contribution < -0.4 is 4.90 Å². The summed E-state index contributed by atoms with van der Waals surface area (Å²) in [5.74, 6) is -0.0509. The molecule has 5 rings (SSSR count). The first-order valence-electron chi connectivity index (χ1n) is 9.54. The zero-order valence-corrected chi connectivity index (χ0v) is 15.6. The molecule has 2 amide bonds. The van der Waals surface area contributed by atoms with Crippen molar-refractivity contribution in [2.24, 2.45) is 0 Å². The highest BCUT2D eigenvalue weighted by Gasteiger charge is 2.35. The topological polar surface area (TPSA) is 83.5 Å². The standard InChI is InChI=1S/C20H21N5O3/c1-2-14-11-24(20(27)28-14)17-10-21-25-8-7-23(12-18(17)25)19(26)16-9-13-5-3-4-6-15(13)22-16/h3-6,9-10,14,22H,2,7-8,11-12H2,1H3/t14-/m0/s1. The third-order valence-corrected chi connectivity index (χ3v) is 5.52. The number of aromatic nitrogens is 3. The number of fused-ring (bicyclic) bond motifs is 2. The minimum absolute atomic E-state index is 0.0509. The van der Waals surface area contributed by atoms with Gasteiger partial charge < -0.3 is 14.6 Å². The Morgan fingerprint density at radius 1 is 1.32 bits per heavy atom. The number of cyclic esters (lactones) is 1. The Morgan fingerprint density at radius 3 is 2.96 bits per heavy atom. The van der Waals surface area contributed by atoms with Crippen molar-refractivity contribution < 1.29 is 14.3 Å². The molecule has 0 spiro atoms. The number of carbonyl (C=O) groups is 2. The number of amides is 2. The smallest absolute Gasteiger partial charge is 0.414 e. The lowest BCUT2D eigenvalue weighted by atomic mass is 10.2. The van der Waals surface area contributed by atoms with Crippen molar-refractivity contribution in [3.8, 4) is 0 Å². The van der Waals surface area contributed by atoms with E-state index in [0.717, 1.165) is 28.7 Å². The third-order valence-electron chi connectivity index (χ3n) is 5.52. The largest absolute Gasteiger partial charge is 0.444 e. The van der Waals surface area contributed by atoms with E-state index in [1.807, 2.05) is 41.9 Å². The maximum absolute atomic E-state index is 13.1. The minimum Gasteiger partial charge on any atom is -0.444 e. The summed E-state index contributed by atoms with van der Waals surface area (Å²) in [4.78, 5) is 31.9. The molecule has 1 saturated heterocycles. The van der Waals surface area contributed by atoms with Crippen LogP contribution in [-0.4, -0.2) is 50.9 Å². The number of benzene rings is 1. The first kappa shape index (κ1) is 16.9. The van der Waals surface area contributed by atoms with Crippen LogP contribution in [-0.2, 0) is 17.8 Å². The van der Waals surface area contributed by atoms with E-state index in [9.17, 15) is 9.59 Å². The van der Waals surface area contributed by atoms with Crippen LogP contribution in [0.25, 0.3) is 10.9 Å². The lowest BCUT2D eigenvalue weighted by molar-refractivity contribution is 0.0701. The molecule has 0 aliphatic carbocycles. The summed E-state index contributed by atoms with van der Waals surface area (Å²) in [7, 11) is 0. The highest BCUT2D eigenvalue weighted by Crippen LogP contribution is 2.29. The van der Waals surface area contributed by atoms with Crippen LogP contribution >= 0.6 is 0 Å². The highest BCUT2D eigenvalue weighted by molar-refractivity contribution is 5.98. The van der Waals surface area contributed by atoms with Crippen LogP contribution in [0.1, 0.15) is 29.5 Å². The first-order valence-corrected chi connectivity index (χ1v) is 9.54. The van der Waals surface area contributed by atoms with Gasteiger partial charge in [-0.25, -0.2) is 4.79 Å². The van der Waals surface area contributed by atoms with E-state index in [1.165, 1.54) is 0 Å². The zero-order valence-electron chi connectivity index (χ0n) is 15.6. The Kier molecular flexibility index (Phi) is 3.85. The van der Waals surface area contributed by atoms with Gasteiger partial charge in [0.05, 0.1) is 37.2 Å². The third kappa shape index (κ3) is 2.64. The molecule has 28 heavy (non-hydrogen) atoms. The minimum atomic E-state index is -0.346. The Balaban J connectivity index is 1.41. The summed E-state index contributed by atoms with van der Waals surface area (Å²) >= 11 is 0. The SMILES string of the molecule is CC[C@H]1CN(c2cnn3c2CN(C(=O)c2cc4ccccc4[nH]2)CC3)C(=O)O1. The molecule has 1 atom stereocenters. The molecular weight excluding hydrogens is 358 g/mol. The number of aromatic amines is 1. The van der Waals surface area contributed by atoms with Crippen molar-refractivity contribution in [3.63, 3.8) is 0 Å². The van der Waals surface area contributed by atoms with Gasteiger partial charge >= 0.3 is 6.09 Å². The molecule has 4 heterocycles. The Labute approximate surface area is 161 Å². The fourth-order valence-corrected chi connectivity index (χ4v) is 3.92. The average molecular weight is 379 g/mol. The first-order chi connectivity index (χ1) is 13.6. The fourth-order valence-electron chi connectivity index (χ4n) is 3.92. The van der Waals surface area contributed by atoms with Crippen molar-refractivity contribution in [1.29, 1.82) is 0 Å². The van der Waals surface area contributed by atoms with Crippen molar-refractivity contribution in [2.45, 2.75) is 32.5 Å². The van der Waals surface area contributed by atoms with E-state index in [-0.39, 0.29) is 18.1 Å². The van der Waals surface area contributed by atoms with Gasteiger partial charge in [-0.2, -0.15) is 5.10 Å². The molecular formula is C20H21N5O3. The van der Waals surface area contributed by atoms with Gasteiger partial charge in [-0.3, -0.25) is 14.4 Å². The van der Waals surface area contributed by atoms with Gasteiger partial charge in [0.15, 0.2) is 0 Å². The maximum Gasteiger partial charge on any atom is 0.414 e. The van der Waals surface area contributed by atoms with Crippen LogP contribution in [0.5, 0.6) is 0 Å². The molecule has 2 aliphatic rings. The molecule has 8 nitrogen and oxygen atoms in total. The van der Waals surface area contributed by atoms with Crippen LogP contribution in [0.3, 0.4) is 0 Å². The Hall–Kier alpha value is -3.29. The van der Waals surface area contributed by atoms with Gasteiger partial charge in [0, 0.05) is 17.4 Å². The van der Waals surface area contributed by atoms with Crippen LogP contribution in [0.2, 0.25) is 0 Å². The number of nitrogens with one attached hydrogen (secondary N) is 1. The number of nitrogens with zero attached hydrogens (tertiary/aromatic N) is 4. The van der Waals surface area contributed by atoms with Crippen molar-refractivity contribution in [3.05, 3.63) is 47.9 Å². The predicted molar refractivity (Wildman–Crippen MR) is 103 cm³/mol. The number of para-hydroxylation sites is 1. The molecule has 1 N–H and O–H groups in total. The maximum atomic E-state index is 13.1. The number of hydrogen-bond acceptors (Lipinski definition) is 4. The highest BCUT2D eigenvalue weighted by atomic mass is 16.6. The van der Waals surface area contributed by atoms with Gasteiger partial charge in [0.1, 0.15) is 11.8 Å². The van der Waals surface area contributed by atoms with E-state index < -0.39 is 0 Å². The van der Waals surface area contributed by atoms with E-state index in [1.54, 1.807) is 16.0 Å².